The first-order valence-electron chi connectivity index (χ1n) is 7.70. The lowest BCUT2D eigenvalue weighted by atomic mass is 10.1. The first kappa shape index (κ1) is 16.6. The zero-order chi connectivity index (χ0) is 18.1. The Labute approximate surface area is 142 Å². The molecule has 2 aliphatic rings. The predicted octanol–water partition coefficient (Wildman–Crippen LogP) is -0.0256. The van der Waals surface area contributed by atoms with Crippen LogP contribution in [0.4, 0.5) is 5.69 Å². The Morgan fingerprint density at radius 1 is 1.24 bits per heavy atom. The van der Waals surface area contributed by atoms with Crippen LogP contribution in [0.25, 0.3) is 0 Å². The Kier molecular flexibility index (Phi) is 4.22. The Bertz CT molecular complexity index is 803. The molecule has 9 heteroatoms. The fourth-order valence-corrected chi connectivity index (χ4v) is 2.95. The molecule has 4 amide bonds. The van der Waals surface area contributed by atoms with Crippen molar-refractivity contribution in [1.29, 1.82) is 0 Å². The van der Waals surface area contributed by atoms with Crippen molar-refractivity contribution in [2.24, 2.45) is 0 Å². The van der Waals surface area contributed by atoms with Crippen LogP contribution in [0, 0.1) is 0 Å². The van der Waals surface area contributed by atoms with E-state index in [0.717, 1.165) is 4.90 Å². The third kappa shape index (κ3) is 2.95. The van der Waals surface area contributed by atoms with E-state index in [9.17, 15) is 24.0 Å². The second kappa shape index (κ2) is 6.34. The van der Waals surface area contributed by atoms with E-state index in [0.29, 0.717) is 18.7 Å². The van der Waals surface area contributed by atoms with Crippen molar-refractivity contribution in [3.8, 4) is 0 Å². The fraction of sp³-hybridized carbons (Fsp3) is 0.312. The first-order valence-corrected chi connectivity index (χ1v) is 7.70. The molecular formula is C16H15N3O6. The molecule has 0 saturated carbocycles. The first-order chi connectivity index (χ1) is 11.9. The molecule has 2 heterocycles. The molecule has 25 heavy (non-hydrogen) atoms. The number of rotatable bonds is 6. The Hall–Kier alpha value is -3.23. The van der Waals surface area contributed by atoms with Crippen LogP contribution < -0.4 is 10.6 Å². The van der Waals surface area contributed by atoms with E-state index in [4.69, 9.17) is 5.11 Å². The summed E-state index contributed by atoms with van der Waals surface area (Å²) in [6.07, 6.45) is 0.0848. The second-order valence-corrected chi connectivity index (χ2v) is 5.76. The summed E-state index contributed by atoms with van der Waals surface area (Å²) in [6, 6.07) is 3.54. The number of fused-ring (bicyclic) bond motifs is 1. The molecule has 1 aromatic carbocycles. The maximum Gasteiger partial charge on any atom is 0.303 e. The van der Waals surface area contributed by atoms with Crippen LogP contribution in [0.5, 0.6) is 0 Å². The summed E-state index contributed by atoms with van der Waals surface area (Å²) < 4.78 is 0. The maximum atomic E-state index is 12.7. The summed E-state index contributed by atoms with van der Waals surface area (Å²) in [5.41, 5.74) is 0.684. The molecule has 1 atom stereocenters. The molecule has 130 valence electrons. The molecule has 3 N–H and O–H groups in total. The lowest BCUT2D eigenvalue weighted by molar-refractivity contribution is -0.137. The van der Waals surface area contributed by atoms with Crippen molar-refractivity contribution in [1.82, 2.24) is 10.2 Å². The monoisotopic (exact) mass is 345 g/mol. The summed E-state index contributed by atoms with van der Waals surface area (Å²) in [7, 11) is 0. The lowest BCUT2D eigenvalue weighted by Crippen LogP contribution is -2.44. The van der Waals surface area contributed by atoms with Gasteiger partial charge >= 0.3 is 5.97 Å². The molecule has 0 aromatic heterocycles. The molecule has 1 unspecified atom stereocenters. The van der Waals surface area contributed by atoms with E-state index in [-0.39, 0.29) is 24.0 Å². The van der Waals surface area contributed by atoms with E-state index in [1.165, 1.54) is 6.07 Å². The van der Waals surface area contributed by atoms with Crippen LogP contribution in [0.15, 0.2) is 18.2 Å². The number of anilines is 1. The lowest BCUT2D eigenvalue weighted by Gasteiger charge is -2.18. The van der Waals surface area contributed by atoms with Crippen LogP contribution >= 0.6 is 0 Å². The number of carboxylic acids is 1. The molecule has 1 saturated heterocycles. The summed E-state index contributed by atoms with van der Waals surface area (Å²) in [5.74, 6) is -3.39. The van der Waals surface area contributed by atoms with Gasteiger partial charge in [-0.15, -0.1) is 0 Å². The van der Waals surface area contributed by atoms with Gasteiger partial charge in [-0.3, -0.25) is 34.2 Å². The molecular weight excluding hydrogens is 330 g/mol. The van der Waals surface area contributed by atoms with Crippen molar-refractivity contribution in [3.63, 3.8) is 0 Å². The van der Waals surface area contributed by atoms with Crippen LogP contribution in [0.3, 0.4) is 0 Å². The summed E-state index contributed by atoms with van der Waals surface area (Å²) in [5, 5.41) is 13.7. The minimum Gasteiger partial charge on any atom is -0.481 e. The second-order valence-electron chi connectivity index (χ2n) is 5.76. The van der Waals surface area contributed by atoms with Crippen molar-refractivity contribution >= 4 is 35.3 Å². The summed E-state index contributed by atoms with van der Waals surface area (Å²) in [4.78, 5) is 59.8. The molecule has 3 rings (SSSR count). The molecule has 0 aliphatic carbocycles. The fourth-order valence-electron chi connectivity index (χ4n) is 2.95. The SMILES string of the molecule is O=C(O)CCCNc1cccc2c1C(=O)N(C1CC(=O)NC1=O)C2=O. The van der Waals surface area contributed by atoms with Gasteiger partial charge in [-0.1, -0.05) is 6.07 Å². The van der Waals surface area contributed by atoms with Gasteiger partial charge in [0.25, 0.3) is 11.8 Å². The highest BCUT2D eigenvalue weighted by atomic mass is 16.4. The highest BCUT2D eigenvalue weighted by Gasteiger charge is 2.47. The molecule has 1 fully saturated rings. The number of carbonyl (C=O) groups is 5. The topological polar surface area (TPSA) is 133 Å². The number of nitrogens with zero attached hydrogens (tertiary/aromatic N) is 1. The van der Waals surface area contributed by atoms with E-state index >= 15 is 0 Å². The number of hydrogen-bond donors (Lipinski definition) is 3. The third-order valence-electron chi connectivity index (χ3n) is 4.08. The number of carbonyl (C=O) groups excluding carboxylic acids is 4. The van der Waals surface area contributed by atoms with Gasteiger partial charge in [0.2, 0.25) is 11.8 Å². The minimum atomic E-state index is -1.14. The largest absolute Gasteiger partial charge is 0.481 e. The van der Waals surface area contributed by atoms with Gasteiger partial charge in [-0.25, -0.2) is 0 Å². The van der Waals surface area contributed by atoms with Crippen molar-refractivity contribution in [3.05, 3.63) is 29.3 Å². The van der Waals surface area contributed by atoms with Crippen molar-refractivity contribution in [2.75, 3.05) is 11.9 Å². The van der Waals surface area contributed by atoms with Gasteiger partial charge < -0.3 is 10.4 Å². The summed E-state index contributed by atoms with van der Waals surface area (Å²) in [6.45, 7) is 0.312. The zero-order valence-corrected chi connectivity index (χ0v) is 13.1. The van der Waals surface area contributed by atoms with E-state index in [1.807, 2.05) is 0 Å². The van der Waals surface area contributed by atoms with Crippen LogP contribution in [0.2, 0.25) is 0 Å². The molecule has 2 aliphatic heterocycles. The van der Waals surface area contributed by atoms with Gasteiger partial charge in [0.15, 0.2) is 0 Å². The number of nitrogens with one attached hydrogen (secondary N) is 2. The number of amides is 4. The van der Waals surface area contributed by atoms with Gasteiger partial charge in [0.1, 0.15) is 6.04 Å². The molecule has 1 aromatic rings. The van der Waals surface area contributed by atoms with Gasteiger partial charge in [0.05, 0.1) is 17.5 Å². The maximum absolute atomic E-state index is 12.7. The smallest absolute Gasteiger partial charge is 0.303 e. The minimum absolute atomic E-state index is 0.0224. The van der Waals surface area contributed by atoms with Crippen molar-refractivity contribution in [2.45, 2.75) is 25.3 Å². The molecule has 0 radical (unpaired) electrons. The highest BCUT2D eigenvalue weighted by Crippen LogP contribution is 2.32. The van der Waals surface area contributed by atoms with E-state index in [2.05, 4.69) is 10.6 Å². The average Bonchev–Trinajstić information content (AvgIpc) is 3.01. The van der Waals surface area contributed by atoms with Gasteiger partial charge in [0, 0.05) is 18.7 Å². The van der Waals surface area contributed by atoms with Crippen LogP contribution in [-0.4, -0.2) is 52.2 Å². The Morgan fingerprint density at radius 3 is 2.64 bits per heavy atom. The number of aliphatic carboxylic acids is 1. The van der Waals surface area contributed by atoms with Gasteiger partial charge in [-0.05, 0) is 18.6 Å². The predicted molar refractivity (Wildman–Crippen MR) is 83.9 cm³/mol. The standard InChI is InChI=1S/C16H15N3O6/c20-11-7-10(14(23)18-11)19-15(24)8-3-1-4-9(13(8)16(19)25)17-6-2-5-12(21)22/h1,3-4,10,17H,2,5-7H2,(H,21,22)(H,18,20,23). The van der Waals surface area contributed by atoms with Gasteiger partial charge in [-0.2, -0.15) is 0 Å². The van der Waals surface area contributed by atoms with Crippen LogP contribution in [-0.2, 0) is 14.4 Å². The Morgan fingerprint density at radius 2 is 2.00 bits per heavy atom. The quantitative estimate of drug-likeness (QED) is 0.487. The number of carboxylic acid groups (broad SMARTS) is 1. The third-order valence-corrected chi connectivity index (χ3v) is 4.08. The molecule has 0 bridgehead atoms. The number of benzene rings is 1. The highest BCUT2D eigenvalue weighted by molar-refractivity contribution is 6.26. The zero-order valence-electron chi connectivity index (χ0n) is 13.1. The molecule has 9 nitrogen and oxygen atoms in total. The number of hydrogen-bond acceptors (Lipinski definition) is 6. The normalized spacial score (nSPS) is 19.2. The van der Waals surface area contributed by atoms with E-state index < -0.39 is 35.6 Å². The van der Waals surface area contributed by atoms with E-state index in [1.54, 1.807) is 12.1 Å². The van der Waals surface area contributed by atoms with Crippen molar-refractivity contribution < 1.29 is 29.1 Å². The molecule has 0 spiro atoms. The Balaban J connectivity index is 1.83. The number of imide groups is 2. The average molecular weight is 345 g/mol. The summed E-state index contributed by atoms with van der Waals surface area (Å²) >= 11 is 0. The van der Waals surface area contributed by atoms with Crippen LogP contribution in [0.1, 0.15) is 40.0 Å².